The molecule has 5 nitrogen and oxygen atoms in total. The fraction of sp³-hybridized carbons (Fsp3) is 0.579. The maximum absolute atomic E-state index is 12.9. The molecule has 0 aliphatic carbocycles. The minimum Gasteiger partial charge on any atom is -0.497 e. The first kappa shape index (κ1) is 19.3. The second-order valence-electron chi connectivity index (χ2n) is 6.60. The van der Waals surface area contributed by atoms with Gasteiger partial charge < -0.3 is 19.3 Å². The van der Waals surface area contributed by atoms with Crippen molar-refractivity contribution in [3.8, 4) is 11.5 Å². The van der Waals surface area contributed by atoms with Gasteiger partial charge in [-0.15, -0.1) is 0 Å². The molecule has 0 bridgehead atoms. The number of likely N-dealkylation sites (tertiary alicyclic amines) is 2. The SMILES string of the molecule is COc1ccc(OC)c([C@H]2CCCN2C(=O)CSC(=S)N2CCCC2)c1. The topological polar surface area (TPSA) is 42.0 Å². The quantitative estimate of drug-likeness (QED) is 0.713. The van der Waals surface area contributed by atoms with Crippen LogP contribution in [0.3, 0.4) is 0 Å². The van der Waals surface area contributed by atoms with Crippen LogP contribution in [0.5, 0.6) is 11.5 Å². The number of amides is 1. The highest BCUT2D eigenvalue weighted by Crippen LogP contribution is 2.39. The van der Waals surface area contributed by atoms with Gasteiger partial charge in [0.2, 0.25) is 5.91 Å². The zero-order chi connectivity index (χ0) is 18.5. The van der Waals surface area contributed by atoms with E-state index in [-0.39, 0.29) is 11.9 Å². The van der Waals surface area contributed by atoms with Crippen LogP contribution in [0.4, 0.5) is 0 Å². The molecule has 1 atom stereocenters. The Bertz CT molecular complexity index is 662. The molecule has 2 saturated heterocycles. The molecular formula is C19H26N2O3S2. The Balaban J connectivity index is 1.67. The zero-order valence-corrected chi connectivity index (χ0v) is 17.0. The maximum atomic E-state index is 12.9. The van der Waals surface area contributed by atoms with Gasteiger partial charge in [0, 0.05) is 25.2 Å². The maximum Gasteiger partial charge on any atom is 0.233 e. The molecule has 0 radical (unpaired) electrons. The number of nitrogens with zero attached hydrogens (tertiary/aromatic N) is 2. The number of thioether (sulfide) groups is 1. The number of thiocarbonyl (C=S) groups is 1. The Morgan fingerprint density at radius 1 is 1.19 bits per heavy atom. The van der Waals surface area contributed by atoms with Crippen LogP contribution in [-0.4, -0.2) is 59.6 Å². The van der Waals surface area contributed by atoms with E-state index in [2.05, 4.69) is 4.90 Å². The molecular weight excluding hydrogens is 368 g/mol. The molecule has 2 aliphatic heterocycles. The lowest BCUT2D eigenvalue weighted by atomic mass is 10.0. The highest BCUT2D eigenvalue weighted by molar-refractivity contribution is 8.23. The van der Waals surface area contributed by atoms with Crippen molar-refractivity contribution in [1.82, 2.24) is 9.80 Å². The van der Waals surface area contributed by atoms with E-state index in [0.29, 0.717) is 5.75 Å². The van der Waals surface area contributed by atoms with E-state index in [1.165, 1.54) is 24.6 Å². The van der Waals surface area contributed by atoms with Crippen molar-refractivity contribution in [3.63, 3.8) is 0 Å². The second kappa shape index (κ2) is 8.95. The lowest BCUT2D eigenvalue weighted by molar-refractivity contribution is -0.129. The number of methoxy groups -OCH3 is 2. The van der Waals surface area contributed by atoms with Crippen LogP contribution in [0.2, 0.25) is 0 Å². The minimum absolute atomic E-state index is 0.0357. The zero-order valence-electron chi connectivity index (χ0n) is 15.4. The molecule has 0 spiro atoms. The van der Waals surface area contributed by atoms with Gasteiger partial charge in [-0.2, -0.15) is 0 Å². The smallest absolute Gasteiger partial charge is 0.233 e. The van der Waals surface area contributed by atoms with Gasteiger partial charge >= 0.3 is 0 Å². The monoisotopic (exact) mass is 394 g/mol. The van der Waals surface area contributed by atoms with Gasteiger partial charge in [-0.25, -0.2) is 0 Å². The van der Waals surface area contributed by atoms with Crippen molar-refractivity contribution in [3.05, 3.63) is 23.8 Å². The van der Waals surface area contributed by atoms with E-state index in [9.17, 15) is 4.79 Å². The van der Waals surface area contributed by atoms with Crippen LogP contribution < -0.4 is 9.47 Å². The predicted octanol–water partition coefficient (Wildman–Crippen LogP) is 3.48. The van der Waals surface area contributed by atoms with Crippen molar-refractivity contribution in [2.75, 3.05) is 39.6 Å². The molecule has 0 saturated carbocycles. The first-order valence-corrected chi connectivity index (χ1v) is 10.5. The van der Waals surface area contributed by atoms with Gasteiger partial charge in [0.05, 0.1) is 26.0 Å². The van der Waals surface area contributed by atoms with Gasteiger partial charge in [0.15, 0.2) is 0 Å². The number of rotatable bonds is 5. The van der Waals surface area contributed by atoms with Crippen LogP contribution >= 0.6 is 24.0 Å². The predicted molar refractivity (Wildman–Crippen MR) is 109 cm³/mol. The molecule has 0 N–H and O–H groups in total. The summed E-state index contributed by atoms with van der Waals surface area (Å²) < 4.78 is 11.7. The van der Waals surface area contributed by atoms with Crippen molar-refractivity contribution >= 4 is 34.2 Å². The van der Waals surface area contributed by atoms with Crippen molar-refractivity contribution in [2.45, 2.75) is 31.7 Å². The molecule has 0 aromatic heterocycles. The van der Waals surface area contributed by atoms with Crippen LogP contribution in [0.15, 0.2) is 18.2 Å². The molecule has 1 aromatic carbocycles. The number of hydrogen-bond acceptors (Lipinski definition) is 5. The number of benzene rings is 1. The summed E-state index contributed by atoms with van der Waals surface area (Å²) in [6, 6.07) is 5.81. The Labute approximate surface area is 165 Å². The summed E-state index contributed by atoms with van der Waals surface area (Å²) in [5, 5.41) is 0. The number of carbonyl (C=O) groups excluding carboxylic acids is 1. The van der Waals surface area contributed by atoms with Crippen molar-refractivity contribution < 1.29 is 14.3 Å². The van der Waals surface area contributed by atoms with Crippen LogP contribution in [0.25, 0.3) is 0 Å². The van der Waals surface area contributed by atoms with Crippen molar-refractivity contribution in [2.24, 2.45) is 0 Å². The highest BCUT2D eigenvalue weighted by atomic mass is 32.2. The van der Waals surface area contributed by atoms with Crippen LogP contribution in [-0.2, 0) is 4.79 Å². The molecule has 1 aromatic rings. The average Bonchev–Trinajstić information content (AvgIpc) is 3.37. The lowest BCUT2D eigenvalue weighted by Crippen LogP contribution is -2.33. The summed E-state index contributed by atoms with van der Waals surface area (Å²) in [6.07, 6.45) is 4.32. The molecule has 1 amide bonds. The summed E-state index contributed by atoms with van der Waals surface area (Å²) in [4.78, 5) is 17.0. The minimum atomic E-state index is 0.0357. The van der Waals surface area contributed by atoms with Crippen LogP contribution in [0, 0.1) is 0 Å². The van der Waals surface area contributed by atoms with E-state index in [4.69, 9.17) is 21.7 Å². The van der Waals surface area contributed by atoms with Crippen molar-refractivity contribution in [1.29, 1.82) is 0 Å². The van der Waals surface area contributed by atoms with Gasteiger partial charge in [0.1, 0.15) is 15.8 Å². The molecule has 26 heavy (non-hydrogen) atoms. The second-order valence-corrected chi connectivity index (χ2v) is 8.21. The summed E-state index contributed by atoms with van der Waals surface area (Å²) in [5.74, 6) is 2.13. The Kier molecular flexibility index (Phi) is 6.64. The molecule has 142 valence electrons. The molecule has 3 rings (SSSR count). The first-order chi connectivity index (χ1) is 12.6. The van der Waals surface area contributed by atoms with E-state index in [0.717, 1.165) is 53.9 Å². The van der Waals surface area contributed by atoms with Gasteiger partial charge in [-0.3, -0.25) is 4.79 Å². The number of ether oxygens (including phenoxy) is 2. The summed E-state index contributed by atoms with van der Waals surface area (Å²) >= 11 is 6.98. The van der Waals surface area contributed by atoms with E-state index in [1.54, 1.807) is 14.2 Å². The highest BCUT2D eigenvalue weighted by Gasteiger charge is 2.32. The Hall–Kier alpha value is -1.47. The molecule has 2 aliphatic rings. The third kappa shape index (κ3) is 4.26. The average molecular weight is 395 g/mol. The van der Waals surface area contributed by atoms with Gasteiger partial charge in [-0.1, -0.05) is 24.0 Å². The molecule has 2 heterocycles. The van der Waals surface area contributed by atoms with E-state index >= 15 is 0 Å². The first-order valence-electron chi connectivity index (χ1n) is 9.07. The molecule has 2 fully saturated rings. The fourth-order valence-electron chi connectivity index (χ4n) is 3.69. The molecule has 0 unspecified atom stereocenters. The summed E-state index contributed by atoms with van der Waals surface area (Å²) in [7, 11) is 3.32. The third-order valence-corrected chi connectivity index (χ3v) is 6.56. The van der Waals surface area contributed by atoms with E-state index < -0.39 is 0 Å². The van der Waals surface area contributed by atoms with E-state index in [1.807, 2.05) is 23.1 Å². The Morgan fingerprint density at radius 3 is 2.65 bits per heavy atom. The van der Waals surface area contributed by atoms with Gasteiger partial charge in [0.25, 0.3) is 0 Å². The van der Waals surface area contributed by atoms with Crippen LogP contribution in [0.1, 0.15) is 37.3 Å². The Morgan fingerprint density at radius 2 is 1.96 bits per heavy atom. The standard InChI is InChI=1S/C19H26N2O3S2/c1-23-14-7-8-17(24-2)15(12-14)16-6-5-11-21(16)18(22)13-26-19(25)20-9-3-4-10-20/h7-8,12,16H,3-6,9-11,13H2,1-2H3/t16-/m1/s1. The van der Waals surface area contributed by atoms with Gasteiger partial charge in [-0.05, 0) is 43.9 Å². The summed E-state index contributed by atoms with van der Waals surface area (Å²) in [6.45, 7) is 2.82. The summed E-state index contributed by atoms with van der Waals surface area (Å²) in [5.41, 5.74) is 1.02. The number of carbonyl (C=O) groups is 1. The fourth-order valence-corrected chi connectivity index (χ4v) is 4.82. The normalized spacial score (nSPS) is 19.7. The lowest BCUT2D eigenvalue weighted by Gasteiger charge is -2.27. The number of hydrogen-bond donors (Lipinski definition) is 0. The third-order valence-electron chi connectivity index (χ3n) is 5.05. The molecule has 7 heteroatoms. The largest absolute Gasteiger partial charge is 0.497 e.